The summed E-state index contributed by atoms with van der Waals surface area (Å²) < 4.78 is 0. The van der Waals surface area contributed by atoms with Crippen molar-refractivity contribution in [3.8, 4) is 0 Å². The molecule has 0 aromatic carbocycles. The average Bonchev–Trinajstić information content (AvgIpc) is 2.34. The van der Waals surface area contributed by atoms with Crippen LogP contribution in [-0.4, -0.2) is 36.5 Å². The van der Waals surface area contributed by atoms with E-state index in [2.05, 4.69) is 24.1 Å². The molecule has 1 rings (SSSR count). The average molecular weight is 240 g/mol. The maximum Gasteiger partial charge on any atom is 0.220 e. The minimum absolute atomic E-state index is 0.245. The Bertz CT molecular complexity index is 218. The van der Waals surface area contributed by atoms with Crippen molar-refractivity contribution in [1.29, 1.82) is 0 Å². The molecule has 3 nitrogen and oxygen atoms in total. The summed E-state index contributed by atoms with van der Waals surface area (Å²) in [4.78, 5) is 14.2. The van der Waals surface area contributed by atoms with Crippen molar-refractivity contribution < 1.29 is 4.79 Å². The third-order valence-electron chi connectivity index (χ3n) is 3.46. The minimum Gasteiger partial charge on any atom is -0.352 e. The zero-order valence-corrected chi connectivity index (χ0v) is 11.5. The summed E-state index contributed by atoms with van der Waals surface area (Å²) >= 11 is 0. The van der Waals surface area contributed by atoms with Gasteiger partial charge in [-0.1, -0.05) is 26.7 Å². The predicted molar refractivity (Wildman–Crippen MR) is 72.0 cm³/mol. The van der Waals surface area contributed by atoms with Crippen molar-refractivity contribution in [3.63, 3.8) is 0 Å². The summed E-state index contributed by atoms with van der Waals surface area (Å²) in [7, 11) is 0. The monoisotopic (exact) mass is 240 g/mol. The topological polar surface area (TPSA) is 32.3 Å². The first kappa shape index (κ1) is 14.5. The van der Waals surface area contributed by atoms with Gasteiger partial charge in [-0.25, -0.2) is 0 Å². The highest BCUT2D eigenvalue weighted by atomic mass is 16.1. The molecular formula is C14H28N2O. The number of hydrogen-bond acceptors (Lipinski definition) is 2. The molecule has 0 radical (unpaired) electrons. The molecule has 0 saturated carbocycles. The molecule has 1 amide bonds. The van der Waals surface area contributed by atoms with Crippen LogP contribution in [0.4, 0.5) is 0 Å². The van der Waals surface area contributed by atoms with E-state index >= 15 is 0 Å². The van der Waals surface area contributed by atoms with E-state index in [0.29, 0.717) is 12.5 Å². The lowest BCUT2D eigenvalue weighted by molar-refractivity contribution is -0.122. The number of unbranched alkanes of at least 4 members (excludes halogenated alkanes) is 2. The molecule has 0 aromatic heterocycles. The molecule has 100 valence electrons. The Morgan fingerprint density at radius 2 is 2.06 bits per heavy atom. The Hall–Kier alpha value is -0.570. The summed E-state index contributed by atoms with van der Waals surface area (Å²) in [5, 5.41) is 3.18. The normalized spacial score (nSPS) is 21.4. The van der Waals surface area contributed by atoms with Crippen LogP contribution in [-0.2, 0) is 4.79 Å². The fourth-order valence-electron chi connectivity index (χ4n) is 2.40. The van der Waals surface area contributed by atoms with Gasteiger partial charge in [-0.3, -0.25) is 4.79 Å². The standard InChI is InChI=1S/C14H28N2O/c1-3-5-9-14(17)15-13-8-7-11-16(12-13)10-6-4-2/h13H,3-12H2,1-2H3,(H,15,17). The van der Waals surface area contributed by atoms with Crippen LogP contribution in [0.2, 0.25) is 0 Å². The molecule has 0 aromatic rings. The molecule has 0 bridgehead atoms. The minimum atomic E-state index is 0.245. The van der Waals surface area contributed by atoms with E-state index in [-0.39, 0.29) is 5.91 Å². The smallest absolute Gasteiger partial charge is 0.220 e. The summed E-state index contributed by atoms with van der Waals surface area (Å²) in [6, 6.07) is 0.393. The SMILES string of the molecule is CCCCC(=O)NC1CCCN(CCCC)C1. The summed E-state index contributed by atoms with van der Waals surface area (Å²) in [5.41, 5.74) is 0. The van der Waals surface area contributed by atoms with Crippen molar-refractivity contribution in [1.82, 2.24) is 10.2 Å². The van der Waals surface area contributed by atoms with Gasteiger partial charge in [0.2, 0.25) is 5.91 Å². The van der Waals surface area contributed by atoms with Crippen LogP contribution in [0.25, 0.3) is 0 Å². The second-order valence-electron chi connectivity index (χ2n) is 5.16. The van der Waals surface area contributed by atoms with Gasteiger partial charge >= 0.3 is 0 Å². The van der Waals surface area contributed by atoms with Crippen LogP contribution in [0.1, 0.15) is 58.8 Å². The lowest BCUT2D eigenvalue weighted by Crippen LogP contribution is -2.47. The number of piperidine rings is 1. The van der Waals surface area contributed by atoms with Crippen LogP contribution in [0, 0.1) is 0 Å². The van der Waals surface area contributed by atoms with Crippen LogP contribution in [0.5, 0.6) is 0 Å². The number of nitrogens with zero attached hydrogens (tertiary/aromatic N) is 1. The lowest BCUT2D eigenvalue weighted by Gasteiger charge is -2.33. The van der Waals surface area contributed by atoms with E-state index < -0.39 is 0 Å². The van der Waals surface area contributed by atoms with E-state index in [1.807, 2.05) is 0 Å². The number of nitrogens with one attached hydrogen (secondary N) is 1. The predicted octanol–water partition coefficient (Wildman–Crippen LogP) is 2.56. The molecule has 1 heterocycles. The fraction of sp³-hybridized carbons (Fsp3) is 0.929. The maximum absolute atomic E-state index is 11.7. The first-order valence-corrected chi connectivity index (χ1v) is 7.28. The molecular weight excluding hydrogens is 212 g/mol. The van der Waals surface area contributed by atoms with Gasteiger partial charge in [0, 0.05) is 19.0 Å². The van der Waals surface area contributed by atoms with Crippen molar-refractivity contribution in [2.45, 2.75) is 64.8 Å². The first-order valence-electron chi connectivity index (χ1n) is 7.28. The number of carbonyl (C=O) groups is 1. The number of likely N-dealkylation sites (tertiary alicyclic amines) is 1. The van der Waals surface area contributed by atoms with Gasteiger partial charge in [-0.2, -0.15) is 0 Å². The fourth-order valence-corrected chi connectivity index (χ4v) is 2.40. The van der Waals surface area contributed by atoms with Gasteiger partial charge in [-0.05, 0) is 38.8 Å². The second kappa shape index (κ2) is 8.51. The van der Waals surface area contributed by atoms with Gasteiger partial charge in [0.25, 0.3) is 0 Å². The van der Waals surface area contributed by atoms with E-state index in [0.717, 1.165) is 25.8 Å². The highest BCUT2D eigenvalue weighted by molar-refractivity contribution is 5.76. The quantitative estimate of drug-likeness (QED) is 0.742. The zero-order chi connectivity index (χ0) is 12.5. The molecule has 1 fully saturated rings. The van der Waals surface area contributed by atoms with Gasteiger partial charge in [0.1, 0.15) is 0 Å². The van der Waals surface area contributed by atoms with Crippen molar-refractivity contribution >= 4 is 5.91 Å². The van der Waals surface area contributed by atoms with Gasteiger partial charge in [0.15, 0.2) is 0 Å². The van der Waals surface area contributed by atoms with Crippen molar-refractivity contribution in [3.05, 3.63) is 0 Å². The van der Waals surface area contributed by atoms with Crippen LogP contribution >= 0.6 is 0 Å². The molecule has 1 aliphatic heterocycles. The van der Waals surface area contributed by atoms with Gasteiger partial charge in [0.05, 0.1) is 0 Å². The highest BCUT2D eigenvalue weighted by Crippen LogP contribution is 2.11. The van der Waals surface area contributed by atoms with Gasteiger partial charge in [-0.15, -0.1) is 0 Å². The van der Waals surface area contributed by atoms with Gasteiger partial charge < -0.3 is 10.2 Å². The van der Waals surface area contributed by atoms with Crippen molar-refractivity contribution in [2.75, 3.05) is 19.6 Å². The van der Waals surface area contributed by atoms with E-state index in [9.17, 15) is 4.79 Å². The number of carbonyl (C=O) groups excluding carboxylic acids is 1. The second-order valence-corrected chi connectivity index (χ2v) is 5.16. The Morgan fingerprint density at radius 1 is 1.29 bits per heavy atom. The zero-order valence-electron chi connectivity index (χ0n) is 11.5. The Balaban J connectivity index is 2.21. The Morgan fingerprint density at radius 3 is 2.76 bits per heavy atom. The third kappa shape index (κ3) is 6.06. The van der Waals surface area contributed by atoms with E-state index in [1.165, 1.54) is 32.4 Å². The molecule has 1 saturated heterocycles. The van der Waals surface area contributed by atoms with E-state index in [4.69, 9.17) is 0 Å². The highest BCUT2D eigenvalue weighted by Gasteiger charge is 2.20. The number of rotatable bonds is 7. The Kier molecular flexibility index (Phi) is 7.25. The van der Waals surface area contributed by atoms with Crippen LogP contribution < -0.4 is 5.32 Å². The molecule has 0 spiro atoms. The molecule has 1 unspecified atom stereocenters. The molecule has 1 atom stereocenters. The summed E-state index contributed by atoms with van der Waals surface area (Å²) in [6.07, 6.45) is 7.71. The lowest BCUT2D eigenvalue weighted by atomic mass is 10.0. The summed E-state index contributed by atoms with van der Waals surface area (Å²) in [6.45, 7) is 7.81. The first-order chi connectivity index (χ1) is 8.26. The molecule has 0 aliphatic carbocycles. The summed E-state index contributed by atoms with van der Waals surface area (Å²) in [5.74, 6) is 0.245. The molecule has 1 aliphatic rings. The van der Waals surface area contributed by atoms with Crippen molar-refractivity contribution in [2.24, 2.45) is 0 Å². The largest absolute Gasteiger partial charge is 0.352 e. The Labute approximate surface area is 106 Å². The molecule has 1 N–H and O–H groups in total. The van der Waals surface area contributed by atoms with E-state index in [1.54, 1.807) is 0 Å². The maximum atomic E-state index is 11.7. The molecule has 3 heteroatoms. The van der Waals surface area contributed by atoms with Crippen LogP contribution in [0.15, 0.2) is 0 Å². The number of hydrogen-bond donors (Lipinski definition) is 1. The van der Waals surface area contributed by atoms with Crippen LogP contribution in [0.3, 0.4) is 0 Å². The number of amides is 1. The molecule has 17 heavy (non-hydrogen) atoms. The third-order valence-corrected chi connectivity index (χ3v) is 3.46.